The Morgan fingerprint density at radius 2 is 1.86 bits per heavy atom. The molecule has 0 heterocycles. The topological polar surface area (TPSA) is 52.6 Å². The third-order valence-corrected chi connectivity index (χ3v) is 4.08. The molecule has 0 radical (unpaired) electrons. The molecule has 5 heteroatoms. The Morgan fingerprint density at radius 3 is 2.50 bits per heavy atom. The molecule has 114 valence electrons. The summed E-state index contributed by atoms with van der Waals surface area (Å²) in [4.78, 5) is 23.6. The van der Waals surface area contributed by atoms with Crippen LogP contribution < -0.4 is 4.74 Å². The average molecular weight is 410 g/mol. The monoisotopic (exact) mass is 410 g/mol. The van der Waals surface area contributed by atoms with Crippen LogP contribution in [-0.2, 0) is 11.3 Å². The van der Waals surface area contributed by atoms with E-state index in [1.165, 1.54) is 14.0 Å². The van der Waals surface area contributed by atoms with Gasteiger partial charge in [-0.15, -0.1) is 0 Å². The first-order chi connectivity index (χ1) is 10.5. The molecule has 4 nitrogen and oxygen atoms in total. The van der Waals surface area contributed by atoms with Crippen LogP contribution >= 0.6 is 22.6 Å². The molecule has 0 aliphatic carbocycles. The van der Waals surface area contributed by atoms with Crippen LogP contribution in [0, 0.1) is 3.57 Å². The number of ketones is 1. The van der Waals surface area contributed by atoms with Crippen molar-refractivity contribution in [3.63, 3.8) is 0 Å². The zero-order chi connectivity index (χ0) is 16.1. The van der Waals surface area contributed by atoms with E-state index in [1.54, 1.807) is 30.3 Å². The van der Waals surface area contributed by atoms with E-state index in [4.69, 9.17) is 9.47 Å². The quantitative estimate of drug-likeness (QED) is 0.427. The van der Waals surface area contributed by atoms with E-state index in [-0.39, 0.29) is 12.4 Å². The van der Waals surface area contributed by atoms with Crippen LogP contribution in [0.3, 0.4) is 0 Å². The molecule has 2 rings (SSSR count). The van der Waals surface area contributed by atoms with Crippen molar-refractivity contribution in [2.24, 2.45) is 0 Å². The normalized spacial score (nSPS) is 10.1. The number of carbonyl (C=O) groups is 2. The number of halogens is 1. The Kier molecular flexibility index (Phi) is 5.54. The van der Waals surface area contributed by atoms with Crippen molar-refractivity contribution in [1.29, 1.82) is 0 Å². The van der Waals surface area contributed by atoms with Crippen molar-refractivity contribution < 1.29 is 19.1 Å². The first kappa shape index (κ1) is 16.5. The third kappa shape index (κ3) is 3.85. The van der Waals surface area contributed by atoms with Crippen molar-refractivity contribution in [3.8, 4) is 5.75 Å². The Bertz CT molecular complexity index is 710. The SMILES string of the molecule is COc1ccc(C(C)=O)cc1COC(=O)c1ccccc1I. The van der Waals surface area contributed by atoms with Gasteiger partial charge in [-0.1, -0.05) is 12.1 Å². The summed E-state index contributed by atoms with van der Waals surface area (Å²) in [6.45, 7) is 1.54. The first-order valence-corrected chi connectivity index (χ1v) is 7.70. The molecule has 0 aromatic heterocycles. The fraction of sp³-hybridized carbons (Fsp3) is 0.176. The van der Waals surface area contributed by atoms with Gasteiger partial charge in [-0.2, -0.15) is 0 Å². The molecule has 0 N–H and O–H groups in total. The van der Waals surface area contributed by atoms with Crippen molar-refractivity contribution >= 4 is 34.3 Å². The fourth-order valence-corrected chi connectivity index (χ4v) is 2.57. The molecule has 2 aromatic carbocycles. The zero-order valence-electron chi connectivity index (χ0n) is 12.3. The number of rotatable bonds is 5. The van der Waals surface area contributed by atoms with Gasteiger partial charge in [0.25, 0.3) is 0 Å². The molecule has 0 atom stereocenters. The second-order valence-corrected chi connectivity index (χ2v) is 5.80. The van der Waals surface area contributed by atoms with Gasteiger partial charge in [0.15, 0.2) is 5.78 Å². The lowest BCUT2D eigenvalue weighted by molar-refractivity contribution is 0.0469. The summed E-state index contributed by atoms with van der Waals surface area (Å²) >= 11 is 2.09. The molecule has 0 aliphatic heterocycles. The number of ether oxygens (including phenoxy) is 2. The van der Waals surface area contributed by atoms with Crippen LogP contribution in [0.15, 0.2) is 42.5 Å². The standard InChI is InChI=1S/C17H15IO4/c1-11(19)12-7-8-16(21-2)13(9-12)10-22-17(20)14-5-3-4-6-15(14)18/h3-9H,10H2,1-2H3. The minimum atomic E-state index is -0.403. The van der Waals surface area contributed by atoms with E-state index in [0.29, 0.717) is 22.4 Å². The number of esters is 1. The van der Waals surface area contributed by atoms with Crippen LogP contribution in [0.4, 0.5) is 0 Å². The zero-order valence-corrected chi connectivity index (χ0v) is 14.4. The Labute approximate surface area is 142 Å². The minimum absolute atomic E-state index is 0.0483. The number of methoxy groups -OCH3 is 1. The summed E-state index contributed by atoms with van der Waals surface area (Å²) in [5, 5.41) is 0. The van der Waals surface area contributed by atoms with Crippen molar-refractivity contribution in [3.05, 3.63) is 62.7 Å². The van der Waals surface area contributed by atoms with Gasteiger partial charge in [-0.05, 0) is 59.8 Å². The maximum atomic E-state index is 12.1. The highest BCUT2D eigenvalue weighted by Crippen LogP contribution is 2.22. The molecular weight excluding hydrogens is 395 g/mol. The van der Waals surface area contributed by atoms with E-state index in [9.17, 15) is 9.59 Å². The predicted octanol–water partition coefficient (Wildman–Crippen LogP) is 3.86. The summed E-state index contributed by atoms with van der Waals surface area (Å²) < 4.78 is 11.4. The Hall–Kier alpha value is -1.89. The molecule has 0 spiro atoms. The lowest BCUT2D eigenvalue weighted by Crippen LogP contribution is -2.08. The van der Waals surface area contributed by atoms with Gasteiger partial charge in [-0.25, -0.2) is 4.79 Å². The van der Waals surface area contributed by atoms with Crippen LogP contribution in [0.2, 0.25) is 0 Å². The first-order valence-electron chi connectivity index (χ1n) is 6.62. The number of hydrogen-bond donors (Lipinski definition) is 0. The summed E-state index contributed by atoms with van der Waals surface area (Å²) in [5.41, 5.74) is 1.74. The number of Topliss-reactive ketones (excluding diaryl/α,β-unsaturated/α-hetero) is 1. The largest absolute Gasteiger partial charge is 0.496 e. The van der Waals surface area contributed by atoms with E-state index >= 15 is 0 Å². The molecule has 0 saturated heterocycles. The summed E-state index contributed by atoms with van der Waals surface area (Å²) in [6.07, 6.45) is 0. The maximum Gasteiger partial charge on any atom is 0.339 e. The highest BCUT2D eigenvalue weighted by Gasteiger charge is 2.13. The number of benzene rings is 2. The lowest BCUT2D eigenvalue weighted by Gasteiger charge is -2.11. The van der Waals surface area contributed by atoms with Crippen molar-refractivity contribution in [2.45, 2.75) is 13.5 Å². The van der Waals surface area contributed by atoms with E-state index < -0.39 is 5.97 Å². The lowest BCUT2D eigenvalue weighted by atomic mass is 10.1. The third-order valence-electron chi connectivity index (χ3n) is 3.14. The Morgan fingerprint density at radius 1 is 1.14 bits per heavy atom. The van der Waals surface area contributed by atoms with E-state index in [1.807, 2.05) is 12.1 Å². The van der Waals surface area contributed by atoms with E-state index in [0.717, 1.165) is 3.57 Å². The van der Waals surface area contributed by atoms with Gasteiger partial charge in [0.1, 0.15) is 12.4 Å². The van der Waals surface area contributed by atoms with E-state index in [2.05, 4.69) is 22.6 Å². The molecule has 0 saturated carbocycles. The van der Waals surface area contributed by atoms with Gasteiger partial charge in [0, 0.05) is 14.7 Å². The summed E-state index contributed by atoms with van der Waals surface area (Å²) in [5.74, 6) is 0.133. The molecule has 0 aliphatic rings. The average Bonchev–Trinajstić information content (AvgIpc) is 2.52. The minimum Gasteiger partial charge on any atom is -0.496 e. The van der Waals surface area contributed by atoms with Crippen molar-refractivity contribution in [1.82, 2.24) is 0 Å². The van der Waals surface area contributed by atoms with Gasteiger partial charge in [0.2, 0.25) is 0 Å². The Balaban J connectivity index is 2.17. The van der Waals surface area contributed by atoms with Gasteiger partial charge >= 0.3 is 5.97 Å². The predicted molar refractivity (Wildman–Crippen MR) is 91.3 cm³/mol. The molecule has 2 aromatic rings. The second-order valence-electron chi connectivity index (χ2n) is 4.64. The maximum absolute atomic E-state index is 12.1. The highest BCUT2D eigenvalue weighted by molar-refractivity contribution is 14.1. The van der Waals surface area contributed by atoms with Gasteiger partial charge in [0.05, 0.1) is 12.7 Å². The van der Waals surface area contributed by atoms with Crippen molar-refractivity contribution in [2.75, 3.05) is 7.11 Å². The smallest absolute Gasteiger partial charge is 0.339 e. The molecule has 0 bridgehead atoms. The van der Waals surface area contributed by atoms with Crippen LogP contribution in [-0.4, -0.2) is 18.9 Å². The number of hydrogen-bond acceptors (Lipinski definition) is 4. The summed E-state index contributed by atoms with van der Waals surface area (Å²) in [7, 11) is 1.54. The van der Waals surface area contributed by atoms with Gasteiger partial charge < -0.3 is 9.47 Å². The van der Waals surface area contributed by atoms with Gasteiger partial charge in [-0.3, -0.25) is 4.79 Å². The molecule has 0 amide bonds. The highest BCUT2D eigenvalue weighted by atomic mass is 127. The number of carbonyl (C=O) groups excluding carboxylic acids is 2. The van der Waals surface area contributed by atoms with Crippen LogP contribution in [0.5, 0.6) is 5.75 Å². The summed E-state index contributed by atoms with van der Waals surface area (Å²) in [6, 6.07) is 12.3. The fourth-order valence-electron chi connectivity index (χ4n) is 1.96. The molecular formula is C17H15IO4. The van der Waals surface area contributed by atoms with Crippen LogP contribution in [0.25, 0.3) is 0 Å². The molecule has 0 fully saturated rings. The second kappa shape index (κ2) is 7.40. The molecule has 0 unspecified atom stereocenters. The van der Waals surface area contributed by atoms with Crippen LogP contribution in [0.1, 0.15) is 33.2 Å². The molecule has 22 heavy (non-hydrogen) atoms.